The molecule has 3 aliphatic rings. The largest absolute Gasteiger partial charge is 0.444 e. The Balaban J connectivity index is 1.49. The van der Waals surface area contributed by atoms with Crippen LogP contribution in [-0.2, 0) is 21.4 Å². The highest BCUT2D eigenvalue weighted by Gasteiger charge is 2.46. The first-order valence-electron chi connectivity index (χ1n) is 13.3. The number of imidazole rings is 1. The number of carbonyl (C=O) groups is 3. The molecule has 1 unspecified atom stereocenters. The van der Waals surface area contributed by atoms with Gasteiger partial charge in [0.1, 0.15) is 11.6 Å². The highest BCUT2D eigenvalue weighted by atomic mass is 16.6. The van der Waals surface area contributed by atoms with E-state index in [2.05, 4.69) is 11.9 Å². The molecule has 37 heavy (non-hydrogen) atoms. The van der Waals surface area contributed by atoms with Crippen molar-refractivity contribution < 1.29 is 19.1 Å². The molecule has 1 aliphatic carbocycles. The minimum atomic E-state index is -0.730. The molecular formula is C28H40N4O5. The molecule has 9 heteroatoms. The van der Waals surface area contributed by atoms with E-state index in [0.717, 1.165) is 56.1 Å². The molecule has 1 atom stereocenters. The lowest BCUT2D eigenvalue weighted by Gasteiger charge is -2.52. The molecular weight excluding hydrogens is 472 g/mol. The summed E-state index contributed by atoms with van der Waals surface area (Å²) in [5.41, 5.74) is 0.513. The number of imide groups is 1. The summed E-state index contributed by atoms with van der Waals surface area (Å²) >= 11 is 0. The summed E-state index contributed by atoms with van der Waals surface area (Å²) in [7, 11) is 1.72. The van der Waals surface area contributed by atoms with Gasteiger partial charge in [0.15, 0.2) is 0 Å². The number of hydrogen-bond acceptors (Lipinski definition) is 5. The number of likely N-dealkylation sites (tertiary alicyclic amines) is 1. The van der Waals surface area contributed by atoms with Crippen LogP contribution < -0.4 is 21.7 Å². The van der Waals surface area contributed by atoms with E-state index < -0.39 is 17.6 Å². The summed E-state index contributed by atoms with van der Waals surface area (Å²) in [6.45, 7) is 13.2. The molecule has 0 aromatic carbocycles. The summed E-state index contributed by atoms with van der Waals surface area (Å²) in [6.07, 6.45) is 9.22. The Bertz CT molecular complexity index is 1280. The van der Waals surface area contributed by atoms with Crippen molar-refractivity contribution in [1.29, 1.82) is 0 Å². The molecule has 0 bridgehead atoms. The first-order chi connectivity index (χ1) is 17.3. The Hall–Kier alpha value is -3.10. The molecule has 1 spiro atoms. The van der Waals surface area contributed by atoms with Gasteiger partial charge in [-0.25, -0.2) is 9.59 Å². The van der Waals surface area contributed by atoms with Crippen molar-refractivity contribution in [3.05, 3.63) is 33.3 Å². The molecule has 4 rings (SSSR count). The van der Waals surface area contributed by atoms with Gasteiger partial charge in [0, 0.05) is 26.6 Å². The molecule has 1 N–H and O–H groups in total. The number of aromatic nitrogens is 2. The molecule has 2 saturated heterocycles. The van der Waals surface area contributed by atoms with E-state index in [4.69, 9.17) is 4.74 Å². The van der Waals surface area contributed by atoms with Crippen molar-refractivity contribution in [2.75, 3.05) is 13.1 Å². The Labute approximate surface area is 217 Å². The molecule has 3 fully saturated rings. The first kappa shape index (κ1) is 26.9. The van der Waals surface area contributed by atoms with E-state index in [9.17, 15) is 19.2 Å². The zero-order valence-corrected chi connectivity index (χ0v) is 22.8. The minimum Gasteiger partial charge on any atom is -0.444 e. The van der Waals surface area contributed by atoms with Crippen LogP contribution in [0.5, 0.6) is 0 Å². The second kappa shape index (κ2) is 9.99. The molecule has 3 heterocycles. The van der Waals surface area contributed by atoms with Crippen LogP contribution in [0.25, 0.3) is 12.2 Å². The first-order valence-corrected chi connectivity index (χ1v) is 13.3. The molecule has 202 valence electrons. The van der Waals surface area contributed by atoms with Gasteiger partial charge in [0.05, 0.1) is 10.7 Å². The van der Waals surface area contributed by atoms with Gasteiger partial charge >= 0.3 is 11.8 Å². The van der Waals surface area contributed by atoms with Gasteiger partial charge in [-0.2, -0.15) is 0 Å². The van der Waals surface area contributed by atoms with E-state index >= 15 is 0 Å². The zero-order chi connectivity index (χ0) is 27.1. The van der Waals surface area contributed by atoms with Gasteiger partial charge in [0.25, 0.3) is 0 Å². The third-order valence-electron chi connectivity index (χ3n) is 8.01. The number of rotatable bonds is 4. The predicted octanol–water partition coefficient (Wildman–Crippen LogP) is 2.12. The standard InChI is InChI=1S/C28H40N4O5/c1-7-8-20(23-18(2)32(25(35)30(23)6)21-9-10-22(33)29-24(21)34)15-19-16-28(17-19)11-13-31(14-12-28)26(36)37-27(3,4)5/h7-8,19,21H,2,9-17H2,1,3-6H3,(H,29,33,34)/b8-7-,23-20-. The van der Waals surface area contributed by atoms with E-state index in [1.54, 1.807) is 11.6 Å². The predicted molar refractivity (Wildman–Crippen MR) is 141 cm³/mol. The summed E-state index contributed by atoms with van der Waals surface area (Å²) in [5.74, 6) is -0.285. The molecule has 2 aliphatic heterocycles. The van der Waals surface area contributed by atoms with E-state index in [1.807, 2.05) is 44.7 Å². The van der Waals surface area contributed by atoms with E-state index in [1.165, 1.54) is 4.57 Å². The van der Waals surface area contributed by atoms with Crippen LogP contribution in [-0.4, -0.2) is 50.6 Å². The number of nitrogens with one attached hydrogen (secondary N) is 1. The van der Waals surface area contributed by atoms with Crippen molar-refractivity contribution in [2.24, 2.45) is 18.4 Å². The summed E-state index contributed by atoms with van der Waals surface area (Å²) < 4.78 is 8.55. The number of amides is 3. The average molecular weight is 513 g/mol. The fourth-order valence-corrected chi connectivity index (χ4v) is 6.29. The third kappa shape index (κ3) is 5.45. The maximum absolute atomic E-state index is 13.2. The number of hydrogen-bond donors (Lipinski definition) is 1. The quantitative estimate of drug-likeness (QED) is 0.623. The van der Waals surface area contributed by atoms with Gasteiger partial charge in [-0.3, -0.25) is 24.0 Å². The fourth-order valence-electron chi connectivity index (χ4n) is 6.29. The molecule has 3 amide bonds. The van der Waals surface area contributed by atoms with Gasteiger partial charge < -0.3 is 9.64 Å². The zero-order valence-electron chi connectivity index (χ0n) is 22.8. The van der Waals surface area contributed by atoms with Crippen LogP contribution >= 0.6 is 0 Å². The lowest BCUT2D eigenvalue weighted by Crippen LogP contribution is -2.50. The lowest BCUT2D eigenvalue weighted by molar-refractivity contribution is -0.135. The van der Waals surface area contributed by atoms with Crippen LogP contribution in [0.1, 0.15) is 78.7 Å². The van der Waals surface area contributed by atoms with Crippen molar-refractivity contribution in [1.82, 2.24) is 19.4 Å². The number of carbonyl (C=O) groups excluding carboxylic acids is 3. The Morgan fingerprint density at radius 2 is 1.84 bits per heavy atom. The Kier molecular flexibility index (Phi) is 7.27. The van der Waals surface area contributed by atoms with Gasteiger partial charge in [-0.15, -0.1) is 0 Å². The normalized spacial score (nSPS) is 23.3. The second-order valence-electron chi connectivity index (χ2n) is 11.9. The molecule has 1 aromatic heterocycles. The number of piperidine rings is 2. The second-order valence-corrected chi connectivity index (χ2v) is 11.9. The molecule has 9 nitrogen and oxygen atoms in total. The van der Waals surface area contributed by atoms with Crippen molar-refractivity contribution in [2.45, 2.75) is 84.3 Å². The maximum atomic E-state index is 13.2. The van der Waals surface area contributed by atoms with Crippen LogP contribution in [0.2, 0.25) is 0 Å². The Morgan fingerprint density at radius 3 is 2.41 bits per heavy atom. The third-order valence-corrected chi connectivity index (χ3v) is 8.01. The van der Waals surface area contributed by atoms with Gasteiger partial charge in [-0.05, 0) is 83.1 Å². The molecule has 1 saturated carbocycles. The fraction of sp³-hybridized carbons (Fsp3) is 0.643. The maximum Gasteiger partial charge on any atom is 0.410 e. The van der Waals surface area contributed by atoms with Gasteiger partial charge in [0.2, 0.25) is 11.8 Å². The highest BCUT2D eigenvalue weighted by Crippen LogP contribution is 2.54. The van der Waals surface area contributed by atoms with Crippen LogP contribution in [0.3, 0.4) is 0 Å². The number of allylic oxidation sites excluding steroid dienone is 2. The number of ether oxygens (including phenoxy) is 1. The summed E-state index contributed by atoms with van der Waals surface area (Å²) in [6, 6.07) is -0.730. The van der Waals surface area contributed by atoms with Crippen molar-refractivity contribution in [3.8, 4) is 0 Å². The number of nitrogens with zero attached hydrogens (tertiary/aromatic N) is 3. The van der Waals surface area contributed by atoms with Crippen molar-refractivity contribution >= 4 is 30.1 Å². The topological polar surface area (TPSA) is 103 Å². The summed E-state index contributed by atoms with van der Waals surface area (Å²) in [4.78, 5) is 51.5. The van der Waals surface area contributed by atoms with E-state index in [-0.39, 0.29) is 29.5 Å². The lowest BCUT2D eigenvalue weighted by atomic mass is 9.56. The summed E-state index contributed by atoms with van der Waals surface area (Å²) in [5, 5.41) is 3.60. The molecule has 0 radical (unpaired) electrons. The Morgan fingerprint density at radius 1 is 1.19 bits per heavy atom. The average Bonchev–Trinajstić information content (AvgIpc) is 3.00. The monoisotopic (exact) mass is 512 g/mol. The van der Waals surface area contributed by atoms with Crippen LogP contribution in [0, 0.1) is 11.3 Å². The minimum absolute atomic E-state index is 0.202. The SMILES string of the molecule is C=c1/c(=C(\C=C/C)CC2CC3(CCN(C(=O)OC(C)(C)C)CC3)C2)n(C)c(=O)n1C1CCC(=O)NC1=O. The van der Waals surface area contributed by atoms with E-state index in [0.29, 0.717) is 17.7 Å². The van der Waals surface area contributed by atoms with Crippen LogP contribution in [0.4, 0.5) is 4.79 Å². The van der Waals surface area contributed by atoms with Gasteiger partial charge in [-0.1, -0.05) is 18.7 Å². The molecule has 1 aromatic rings. The highest BCUT2D eigenvalue weighted by molar-refractivity contribution is 5.99. The van der Waals surface area contributed by atoms with Crippen molar-refractivity contribution in [3.63, 3.8) is 0 Å². The van der Waals surface area contributed by atoms with Crippen LogP contribution in [0.15, 0.2) is 16.9 Å². The smallest absolute Gasteiger partial charge is 0.410 e.